The zero-order valence-electron chi connectivity index (χ0n) is 10.9. The Labute approximate surface area is 106 Å². The standard InChI is InChI=1S/C12H19N3O3/c1-4-18-11(17)10-6-14-12(15-9(10)3)13-5-8(2)7-16/h6,8,16H,4-5,7H2,1-3H3,(H,13,14,15). The van der Waals surface area contributed by atoms with Crippen molar-refractivity contribution in [3.63, 3.8) is 0 Å². The third-order valence-corrected chi connectivity index (χ3v) is 2.39. The van der Waals surface area contributed by atoms with Crippen LogP contribution in [-0.2, 0) is 4.74 Å². The zero-order valence-corrected chi connectivity index (χ0v) is 10.9. The van der Waals surface area contributed by atoms with Crippen molar-refractivity contribution in [1.29, 1.82) is 0 Å². The average molecular weight is 253 g/mol. The van der Waals surface area contributed by atoms with Crippen LogP contribution in [0, 0.1) is 12.8 Å². The number of rotatable bonds is 6. The van der Waals surface area contributed by atoms with E-state index in [1.54, 1.807) is 13.8 Å². The number of nitrogens with zero attached hydrogens (tertiary/aromatic N) is 2. The highest BCUT2D eigenvalue weighted by atomic mass is 16.5. The van der Waals surface area contributed by atoms with Crippen molar-refractivity contribution in [2.45, 2.75) is 20.8 Å². The van der Waals surface area contributed by atoms with E-state index < -0.39 is 5.97 Å². The van der Waals surface area contributed by atoms with Gasteiger partial charge in [0.25, 0.3) is 0 Å². The van der Waals surface area contributed by atoms with Crippen LogP contribution in [0.4, 0.5) is 5.95 Å². The molecule has 6 heteroatoms. The van der Waals surface area contributed by atoms with Crippen molar-refractivity contribution in [3.05, 3.63) is 17.5 Å². The number of anilines is 1. The fraction of sp³-hybridized carbons (Fsp3) is 0.583. The molecule has 1 unspecified atom stereocenters. The molecule has 0 spiro atoms. The van der Waals surface area contributed by atoms with Gasteiger partial charge in [-0.1, -0.05) is 6.92 Å². The van der Waals surface area contributed by atoms with Crippen molar-refractivity contribution < 1.29 is 14.6 Å². The molecule has 6 nitrogen and oxygen atoms in total. The summed E-state index contributed by atoms with van der Waals surface area (Å²) in [4.78, 5) is 19.8. The molecule has 1 heterocycles. The second-order valence-corrected chi connectivity index (χ2v) is 4.08. The molecule has 0 fully saturated rings. The summed E-state index contributed by atoms with van der Waals surface area (Å²) < 4.78 is 4.89. The summed E-state index contributed by atoms with van der Waals surface area (Å²) in [7, 11) is 0. The highest BCUT2D eigenvalue weighted by Gasteiger charge is 2.12. The Balaban J connectivity index is 2.70. The number of aliphatic hydroxyl groups excluding tert-OH is 1. The lowest BCUT2D eigenvalue weighted by Gasteiger charge is -2.10. The monoisotopic (exact) mass is 253 g/mol. The van der Waals surface area contributed by atoms with E-state index in [4.69, 9.17) is 9.84 Å². The molecule has 0 aromatic carbocycles. The van der Waals surface area contributed by atoms with E-state index in [0.29, 0.717) is 30.4 Å². The Morgan fingerprint density at radius 1 is 1.61 bits per heavy atom. The molecular weight excluding hydrogens is 234 g/mol. The number of aromatic nitrogens is 2. The van der Waals surface area contributed by atoms with Crippen molar-refractivity contribution in [2.24, 2.45) is 5.92 Å². The van der Waals surface area contributed by atoms with Gasteiger partial charge in [-0.05, 0) is 19.8 Å². The van der Waals surface area contributed by atoms with Gasteiger partial charge in [0.2, 0.25) is 5.95 Å². The molecule has 0 amide bonds. The van der Waals surface area contributed by atoms with E-state index in [1.807, 2.05) is 6.92 Å². The Bertz CT molecular complexity index is 410. The minimum Gasteiger partial charge on any atom is -0.462 e. The summed E-state index contributed by atoms with van der Waals surface area (Å²) in [6, 6.07) is 0. The van der Waals surface area contributed by atoms with Crippen molar-refractivity contribution in [1.82, 2.24) is 9.97 Å². The number of carbonyl (C=O) groups excluding carboxylic acids is 1. The summed E-state index contributed by atoms with van der Waals surface area (Å²) in [6.45, 7) is 6.40. The van der Waals surface area contributed by atoms with Gasteiger partial charge in [-0.3, -0.25) is 0 Å². The molecule has 0 aliphatic carbocycles. The largest absolute Gasteiger partial charge is 0.462 e. The minimum atomic E-state index is -0.412. The van der Waals surface area contributed by atoms with Crippen LogP contribution in [0.2, 0.25) is 0 Å². The first-order valence-electron chi connectivity index (χ1n) is 5.94. The Morgan fingerprint density at radius 2 is 2.33 bits per heavy atom. The smallest absolute Gasteiger partial charge is 0.341 e. The summed E-state index contributed by atoms with van der Waals surface area (Å²) >= 11 is 0. The maximum atomic E-state index is 11.5. The van der Waals surface area contributed by atoms with Crippen LogP contribution in [0.1, 0.15) is 29.9 Å². The molecule has 18 heavy (non-hydrogen) atoms. The fourth-order valence-corrected chi connectivity index (χ4v) is 1.29. The van der Waals surface area contributed by atoms with Crippen LogP contribution in [0.15, 0.2) is 6.20 Å². The van der Waals surface area contributed by atoms with Crippen LogP contribution in [0.25, 0.3) is 0 Å². The van der Waals surface area contributed by atoms with Crippen molar-refractivity contribution in [3.8, 4) is 0 Å². The number of nitrogens with one attached hydrogen (secondary N) is 1. The van der Waals surface area contributed by atoms with Crippen molar-refractivity contribution >= 4 is 11.9 Å². The maximum Gasteiger partial charge on any atom is 0.341 e. The second kappa shape index (κ2) is 6.90. The topological polar surface area (TPSA) is 84.3 Å². The third kappa shape index (κ3) is 3.96. The highest BCUT2D eigenvalue weighted by molar-refractivity contribution is 5.90. The number of esters is 1. The van der Waals surface area contributed by atoms with E-state index in [2.05, 4.69) is 15.3 Å². The van der Waals surface area contributed by atoms with Gasteiger partial charge in [-0.15, -0.1) is 0 Å². The summed E-state index contributed by atoms with van der Waals surface area (Å²) in [6.07, 6.45) is 1.45. The lowest BCUT2D eigenvalue weighted by molar-refractivity contribution is 0.0524. The number of carbonyl (C=O) groups is 1. The maximum absolute atomic E-state index is 11.5. The molecule has 2 N–H and O–H groups in total. The molecule has 1 rings (SSSR count). The summed E-state index contributed by atoms with van der Waals surface area (Å²) in [5.41, 5.74) is 0.945. The molecule has 1 atom stereocenters. The Kier molecular flexibility index (Phi) is 5.51. The predicted octanol–water partition coefficient (Wildman–Crippen LogP) is 1.00. The molecule has 0 radical (unpaired) electrons. The normalized spacial score (nSPS) is 12.0. The molecule has 0 aliphatic heterocycles. The van der Waals surface area contributed by atoms with Crippen LogP contribution < -0.4 is 5.32 Å². The van der Waals surface area contributed by atoms with Crippen LogP contribution >= 0.6 is 0 Å². The van der Waals surface area contributed by atoms with E-state index >= 15 is 0 Å². The lowest BCUT2D eigenvalue weighted by atomic mass is 10.2. The van der Waals surface area contributed by atoms with Crippen LogP contribution in [0.5, 0.6) is 0 Å². The van der Waals surface area contributed by atoms with Gasteiger partial charge in [0, 0.05) is 19.3 Å². The van der Waals surface area contributed by atoms with Gasteiger partial charge in [-0.2, -0.15) is 0 Å². The number of ether oxygens (including phenoxy) is 1. The van der Waals surface area contributed by atoms with E-state index in [0.717, 1.165) is 0 Å². The van der Waals surface area contributed by atoms with E-state index in [-0.39, 0.29) is 12.5 Å². The first-order chi connectivity index (χ1) is 8.58. The molecule has 0 saturated carbocycles. The lowest BCUT2D eigenvalue weighted by Crippen LogP contribution is -2.17. The zero-order chi connectivity index (χ0) is 13.5. The van der Waals surface area contributed by atoms with Gasteiger partial charge in [0.05, 0.1) is 17.9 Å². The highest BCUT2D eigenvalue weighted by Crippen LogP contribution is 2.09. The molecule has 0 saturated heterocycles. The predicted molar refractivity (Wildman–Crippen MR) is 67.5 cm³/mol. The first kappa shape index (κ1) is 14.4. The molecule has 1 aromatic rings. The third-order valence-electron chi connectivity index (χ3n) is 2.39. The number of aryl methyl sites for hydroxylation is 1. The number of hydrogen-bond donors (Lipinski definition) is 2. The molecule has 0 bridgehead atoms. The van der Waals surface area contributed by atoms with Gasteiger partial charge >= 0.3 is 5.97 Å². The molecule has 0 aliphatic rings. The van der Waals surface area contributed by atoms with Gasteiger partial charge < -0.3 is 15.2 Å². The number of aliphatic hydroxyl groups is 1. The fourth-order valence-electron chi connectivity index (χ4n) is 1.29. The Hall–Kier alpha value is -1.69. The minimum absolute atomic E-state index is 0.104. The van der Waals surface area contributed by atoms with Gasteiger partial charge in [0.1, 0.15) is 0 Å². The van der Waals surface area contributed by atoms with Crippen molar-refractivity contribution in [2.75, 3.05) is 25.1 Å². The van der Waals surface area contributed by atoms with Gasteiger partial charge in [0.15, 0.2) is 0 Å². The second-order valence-electron chi connectivity index (χ2n) is 4.08. The van der Waals surface area contributed by atoms with E-state index in [1.165, 1.54) is 6.20 Å². The summed E-state index contributed by atoms with van der Waals surface area (Å²) in [5.74, 6) is 0.157. The molecule has 1 aromatic heterocycles. The average Bonchev–Trinajstić information content (AvgIpc) is 2.36. The quantitative estimate of drug-likeness (QED) is 0.736. The number of hydrogen-bond acceptors (Lipinski definition) is 6. The van der Waals surface area contributed by atoms with E-state index in [9.17, 15) is 4.79 Å². The molecular formula is C12H19N3O3. The van der Waals surface area contributed by atoms with Crippen LogP contribution in [0.3, 0.4) is 0 Å². The SMILES string of the molecule is CCOC(=O)c1cnc(NCC(C)CO)nc1C. The first-order valence-corrected chi connectivity index (χ1v) is 5.94. The van der Waals surface area contributed by atoms with Crippen LogP contribution in [-0.4, -0.2) is 40.8 Å². The Morgan fingerprint density at radius 3 is 2.89 bits per heavy atom. The summed E-state index contributed by atoms with van der Waals surface area (Å²) in [5, 5.41) is 11.9. The molecule has 100 valence electrons. The van der Waals surface area contributed by atoms with Gasteiger partial charge in [-0.25, -0.2) is 14.8 Å².